The Labute approximate surface area is 162 Å². The Hall–Kier alpha value is -3.39. The van der Waals surface area contributed by atoms with E-state index >= 15 is 0 Å². The molecule has 28 heavy (non-hydrogen) atoms. The Morgan fingerprint density at radius 3 is 1.61 bits per heavy atom. The number of nitrogen functional groups attached to an aromatic ring is 2. The quantitative estimate of drug-likeness (QED) is 0.307. The molecule has 1 atom stereocenters. The number of hydrogen-bond donors (Lipinski definition) is 4. The predicted molar refractivity (Wildman–Crippen MR) is 107 cm³/mol. The molecule has 8 heteroatoms. The Morgan fingerprint density at radius 2 is 1.25 bits per heavy atom. The maximum Gasteiger partial charge on any atom is 0.326 e. The number of nitrogens with zero attached hydrogens (tertiary/aromatic N) is 1. The Balaban J connectivity index is 2.44. The summed E-state index contributed by atoms with van der Waals surface area (Å²) < 4.78 is 0. The molecule has 0 aliphatic carbocycles. The second kappa shape index (κ2) is 9.52. The number of carbonyl (C=O) groups excluding carboxylic acids is 2. The van der Waals surface area contributed by atoms with Gasteiger partial charge in [-0.3, -0.25) is 14.5 Å². The first-order valence-electron chi connectivity index (χ1n) is 8.87. The van der Waals surface area contributed by atoms with Gasteiger partial charge in [0.25, 0.3) is 11.8 Å². The van der Waals surface area contributed by atoms with E-state index in [4.69, 9.17) is 17.2 Å². The number of amides is 2. The molecule has 7 N–H and O–H groups in total. The molecule has 0 spiro atoms. The fourth-order valence-corrected chi connectivity index (χ4v) is 2.75. The molecule has 0 fully saturated rings. The summed E-state index contributed by atoms with van der Waals surface area (Å²) in [7, 11) is 0. The Bertz CT molecular complexity index is 777. The van der Waals surface area contributed by atoms with Crippen molar-refractivity contribution in [1.29, 1.82) is 0 Å². The highest BCUT2D eigenvalue weighted by Gasteiger charge is 2.35. The van der Waals surface area contributed by atoms with E-state index in [0.29, 0.717) is 30.8 Å². The lowest BCUT2D eigenvalue weighted by molar-refractivity contribution is -0.141. The number of carboxylic acids is 1. The number of aliphatic carboxylic acids is 1. The van der Waals surface area contributed by atoms with Crippen molar-refractivity contribution < 1.29 is 19.5 Å². The summed E-state index contributed by atoms with van der Waals surface area (Å²) in [5, 5.41) is 9.71. The standard InChI is InChI=1S/C20H24N4O4/c21-12-2-1-3-17(20(27)28)24(18(25)13-4-8-15(22)9-5-13)19(26)14-6-10-16(23)11-7-14/h4-11,17H,1-3,12,21-23H2,(H,27,28)/t17-/m0/s1. The second-order valence-corrected chi connectivity index (χ2v) is 6.36. The maximum atomic E-state index is 13.1. The van der Waals surface area contributed by atoms with Gasteiger partial charge in [-0.25, -0.2) is 4.79 Å². The topological polar surface area (TPSA) is 153 Å². The van der Waals surface area contributed by atoms with Gasteiger partial charge in [0.1, 0.15) is 6.04 Å². The summed E-state index contributed by atoms with van der Waals surface area (Å²) in [6, 6.07) is 10.6. The average Bonchev–Trinajstić information content (AvgIpc) is 2.67. The molecule has 0 aliphatic rings. The lowest BCUT2D eigenvalue weighted by Crippen LogP contribution is -2.48. The highest BCUT2D eigenvalue weighted by Crippen LogP contribution is 2.19. The summed E-state index contributed by atoms with van der Waals surface area (Å²) in [6.07, 6.45) is 1.16. The molecule has 2 amide bonds. The van der Waals surface area contributed by atoms with Crippen LogP contribution < -0.4 is 17.2 Å². The number of rotatable bonds is 8. The van der Waals surface area contributed by atoms with Crippen LogP contribution >= 0.6 is 0 Å². The molecular formula is C20H24N4O4. The minimum absolute atomic E-state index is 0.105. The van der Waals surface area contributed by atoms with Crippen LogP contribution in [0, 0.1) is 0 Å². The lowest BCUT2D eigenvalue weighted by atomic mass is 10.0. The third kappa shape index (κ3) is 5.08. The van der Waals surface area contributed by atoms with E-state index in [1.54, 1.807) is 0 Å². The van der Waals surface area contributed by atoms with Crippen molar-refractivity contribution in [2.75, 3.05) is 18.0 Å². The van der Waals surface area contributed by atoms with Crippen LogP contribution in [0.15, 0.2) is 48.5 Å². The van der Waals surface area contributed by atoms with E-state index in [0.717, 1.165) is 4.90 Å². The molecule has 2 aromatic rings. The maximum absolute atomic E-state index is 13.1. The second-order valence-electron chi connectivity index (χ2n) is 6.36. The van der Waals surface area contributed by atoms with Crippen LogP contribution in [0.1, 0.15) is 40.0 Å². The third-order valence-corrected chi connectivity index (χ3v) is 4.28. The molecular weight excluding hydrogens is 360 g/mol. The first-order chi connectivity index (χ1) is 13.3. The van der Waals surface area contributed by atoms with Crippen molar-refractivity contribution >= 4 is 29.2 Å². The van der Waals surface area contributed by atoms with Gasteiger partial charge >= 0.3 is 5.97 Å². The lowest BCUT2D eigenvalue weighted by Gasteiger charge is -2.27. The van der Waals surface area contributed by atoms with Crippen molar-refractivity contribution in [3.05, 3.63) is 59.7 Å². The molecule has 148 valence electrons. The molecule has 2 rings (SSSR count). The Morgan fingerprint density at radius 1 is 0.821 bits per heavy atom. The number of carboxylic acid groups (broad SMARTS) is 1. The molecule has 0 bridgehead atoms. The predicted octanol–water partition coefficient (Wildman–Crippen LogP) is 1.72. The smallest absolute Gasteiger partial charge is 0.326 e. The van der Waals surface area contributed by atoms with Crippen molar-refractivity contribution in [3.8, 4) is 0 Å². The van der Waals surface area contributed by atoms with Gasteiger partial charge in [-0.15, -0.1) is 0 Å². The third-order valence-electron chi connectivity index (χ3n) is 4.28. The van der Waals surface area contributed by atoms with Gasteiger partial charge in [0.05, 0.1) is 0 Å². The van der Waals surface area contributed by atoms with Crippen molar-refractivity contribution in [3.63, 3.8) is 0 Å². The number of imide groups is 1. The van der Waals surface area contributed by atoms with Gasteiger partial charge in [-0.05, 0) is 74.3 Å². The summed E-state index contributed by atoms with van der Waals surface area (Å²) in [5.41, 5.74) is 18.0. The zero-order valence-electron chi connectivity index (χ0n) is 15.4. The van der Waals surface area contributed by atoms with Crippen LogP contribution in [0.3, 0.4) is 0 Å². The van der Waals surface area contributed by atoms with Gasteiger partial charge in [0.2, 0.25) is 0 Å². The van der Waals surface area contributed by atoms with E-state index in [1.807, 2.05) is 0 Å². The molecule has 0 unspecified atom stereocenters. The van der Waals surface area contributed by atoms with Gasteiger partial charge in [0.15, 0.2) is 0 Å². The van der Waals surface area contributed by atoms with Crippen LogP contribution in [0.25, 0.3) is 0 Å². The number of anilines is 2. The van der Waals surface area contributed by atoms with Gasteiger partial charge in [-0.2, -0.15) is 0 Å². The van der Waals surface area contributed by atoms with E-state index in [1.165, 1.54) is 48.5 Å². The molecule has 0 aromatic heterocycles. The molecule has 0 aliphatic heterocycles. The minimum Gasteiger partial charge on any atom is -0.480 e. The number of nitrogens with two attached hydrogens (primary N) is 3. The molecule has 2 aromatic carbocycles. The summed E-state index contributed by atoms with van der Waals surface area (Å²) in [6.45, 7) is 0.393. The van der Waals surface area contributed by atoms with E-state index in [9.17, 15) is 19.5 Å². The first kappa shape index (κ1) is 20.9. The first-order valence-corrected chi connectivity index (χ1v) is 8.87. The van der Waals surface area contributed by atoms with E-state index < -0.39 is 23.8 Å². The van der Waals surface area contributed by atoms with E-state index in [2.05, 4.69) is 0 Å². The molecule has 0 saturated carbocycles. The minimum atomic E-state index is -1.32. The summed E-state index contributed by atoms with van der Waals surface area (Å²) >= 11 is 0. The highest BCUT2D eigenvalue weighted by molar-refractivity contribution is 6.12. The SMILES string of the molecule is NCCCC[C@@H](C(=O)O)N(C(=O)c1ccc(N)cc1)C(=O)c1ccc(N)cc1. The number of unbranched alkanes of at least 4 members (excludes halogenated alkanes) is 1. The van der Waals surface area contributed by atoms with Crippen molar-refractivity contribution in [2.24, 2.45) is 5.73 Å². The largest absolute Gasteiger partial charge is 0.480 e. The normalized spacial score (nSPS) is 11.6. The Kier molecular flexibility index (Phi) is 7.11. The average molecular weight is 384 g/mol. The zero-order valence-corrected chi connectivity index (χ0v) is 15.4. The summed E-state index contributed by atoms with van der Waals surface area (Å²) in [4.78, 5) is 38.8. The molecule has 0 radical (unpaired) electrons. The monoisotopic (exact) mass is 384 g/mol. The van der Waals surface area contributed by atoms with Crippen LogP contribution in [-0.2, 0) is 4.79 Å². The van der Waals surface area contributed by atoms with Crippen molar-refractivity contribution in [2.45, 2.75) is 25.3 Å². The van der Waals surface area contributed by atoms with Gasteiger partial charge in [0, 0.05) is 22.5 Å². The summed E-state index contributed by atoms with van der Waals surface area (Å²) in [5.74, 6) is -2.67. The molecule has 0 saturated heterocycles. The van der Waals surface area contributed by atoms with Gasteiger partial charge < -0.3 is 22.3 Å². The molecule has 8 nitrogen and oxygen atoms in total. The highest BCUT2D eigenvalue weighted by atomic mass is 16.4. The number of carbonyl (C=O) groups is 3. The van der Waals surface area contributed by atoms with Crippen LogP contribution in [0.5, 0.6) is 0 Å². The van der Waals surface area contributed by atoms with Gasteiger partial charge in [-0.1, -0.05) is 0 Å². The fraction of sp³-hybridized carbons (Fsp3) is 0.250. The van der Waals surface area contributed by atoms with Crippen LogP contribution in [0.2, 0.25) is 0 Å². The van der Waals surface area contributed by atoms with E-state index in [-0.39, 0.29) is 17.5 Å². The van der Waals surface area contributed by atoms with Crippen LogP contribution in [0.4, 0.5) is 11.4 Å². The van der Waals surface area contributed by atoms with Crippen molar-refractivity contribution in [1.82, 2.24) is 4.90 Å². The number of hydrogen-bond acceptors (Lipinski definition) is 6. The number of benzene rings is 2. The van der Waals surface area contributed by atoms with Crippen LogP contribution in [-0.4, -0.2) is 40.4 Å². The molecule has 0 heterocycles. The zero-order chi connectivity index (χ0) is 20.7. The fourth-order valence-electron chi connectivity index (χ4n) is 2.75.